The minimum absolute atomic E-state index is 0.0259. The lowest BCUT2D eigenvalue weighted by atomic mass is 9.32. The lowest BCUT2D eigenvalue weighted by molar-refractivity contribution is 0.573. The molecule has 73 heavy (non-hydrogen) atoms. The summed E-state index contributed by atoms with van der Waals surface area (Å²) in [5.41, 5.74) is 26.6. The molecule has 8 aromatic rings. The molecule has 4 aliphatic rings. The molecule has 0 spiro atoms. The Bertz CT molecular complexity index is 3380. The van der Waals surface area contributed by atoms with E-state index in [-0.39, 0.29) is 39.2 Å². The normalized spacial score (nSPS) is 15.8. The second kappa shape index (κ2) is 15.4. The standard InChI is InChI=1S/C68H71BN4/c1-63(2,3)43-27-29-55-47(33-43)67(13,14)49-35-45(65(7,8)9)37-51-60(49)72(55)57-31-42(62-70-53(40-23-19-17-20-24-40)39-54(71-62)41-25-21-18-22-26-41)32-58-59(57)69(51)52-38-46(66(10,11)12)36-50-61(52)73(58)56-30-28-44(64(4,5)6)34-48(56)68(50,15)16/h17-39H,1-16H3. The minimum Gasteiger partial charge on any atom is -0.311 e. The first-order chi connectivity index (χ1) is 34.2. The highest BCUT2D eigenvalue weighted by molar-refractivity contribution is 7.00. The largest absolute Gasteiger partial charge is 0.311 e. The monoisotopic (exact) mass is 955 g/mol. The van der Waals surface area contributed by atoms with Gasteiger partial charge < -0.3 is 9.80 Å². The number of hydrogen-bond acceptors (Lipinski definition) is 4. The molecule has 0 saturated heterocycles. The fourth-order valence-electron chi connectivity index (χ4n) is 12.5. The molecule has 0 atom stereocenters. The van der Waals surface area contributed by atoms with Crippen LogP contribution in [-0.2, 0) is 32.5 Å². The lowest BCUT2D eigenvalue weighted by Crippen LogP contribution is -2.63. The second-order valence-corrected chi connectivity index (χ2v) is 26.9. The van der Waals surface area contributed by atoms with Crippen LogP contribution in [0.4, 0.5) is 34.1 Å². The molecular formula is C68H71BN4. The predicted molar refractivity (Wildman–Crippen MR) is 311 cm³/mol. The number of aromatic nitrogens is 2. The van der Waals surface area contributed by atoms with Crippen molar-refractivity contribution in [2.24, 2.45) is 0 Å². The highest BCUT2D eigenvalue weighted by atomic mass is 15.2. The van der Waals surface area contributed by atoms with Crippen molar-refractivity contribution in [1.82, 2.24) is 9.97 Å². The third-order valence-corrected chi connectivity index (χ3v) is 17.0. The smallest absolute Gasteiger partial charge is 0.252 e. The van der Waals surface area contributed by atoms with Crippen molar-refractivity contribution in [1.29, 1.82) is 0 Å². The van der Waals surface area contributed by atoms with Gasteiger partial charge in [0.1, 0.15) is 0 Å². The highest BCUT2D eigenvalue weighted by Crippen LogP contribution is 2.59. The number of anilines is 6. The Labute approximate surface area is 436 Å². The van der Waals surface area contributed by atoms with E-state index in [9.17, 15) is 0 Å². The average molecular weight is 955 g/mol. The molecule has 0 radical (unpaired) electrons. The molecule has 0 N–H and O–H groups in total. The van der Waals surface area contributed by atoms with Crippen LogP contribution in [0.1, 0.15) is 155 Å². The fourth-order valence-corrected chi connectivity index (χ4v) is 12.5. The quantitative estimate of drug-likeness (QED) is 0.165. The average Bonchev–Trinajstić information content (AvgIpc) is 3.34. The van der Waals surface area contributed by atoms with E-state index in [1.54, 1.807) is 0 Å². The molecular weight excluding hydrogens is 884 g/mol. The molecule has 0 saturated carbocycles. The summed E-state index contributed by atoms with van der Waals surface area (Å²) in [7, 11) is 0. The predicted octanol–water partition coefficient (Wildman–Crippen LogP) is 16.0. The van der Waals surface area contributed by atoms with Gasteiger partial charge in [-0.3, -0.25) is 0 Å². The Morgan fingerprint density at radius 2 is 0.740 bits per heavy atom. The first kappa shape index (κ1) is 47.3. The molecule has 0 aliphatic carbocycles. The molecule has 366 valence electrons. The third kappa shape index (κ3) is 7.15. The number of hydrogen-bond donors (Lipinski definition) is 0. The van der Waals surface area contributed by atoms with Crippen molar-refractivity contribution in [2.75, 3.05) is 9.80 Å². The molecule has 5 heterocycles. The van der Waals surface area contributed by atoms with Crippen molar-refractivity contribution in [3.63, 3.8) is 0 Å². The zero-order valence-electron chi connectivity index (χ0n) is 46.1. The van der Waals surface area contributed by atoms with Gasteiger partial charge in [-0.05, 0) is 113 Å². The molecule has 7 aromatic carbocycles. The molecule has 0 bridgehead atoms. The van der Waals surface area contributed by atoms with Gasteiger partial charge in [0.05, 0.1) is 22.8 Å². The van der Waals surface area contributed by atoms with Gasteiger partial charge in [0.2, 0.25) is 0 Å². The summed E-state index contributed by atoms with van der Waals surface area (Å²) in [6.07, 6.45) is 0. The zero-order chi connectivity index (χ0) is 51.7. The zero-order valence-corrected chi connectivity index (χ0v) is 46.1. The summed E-state index contributed by atoms with van der Waals surface area (Å²) >= 11 is 0. The van der Waals surface area contributed by atoms with Gasteiger partial charge in [-0.25, -0.2) is 9.97 Å². The van der Waals surface area contributed by atoms with Crippen LogP contribution in [0, 0.1) is 0 Å². The maximum atomic E-state index is 5.56. The van der Waals surface area contributed by atoms with Crippen molar-refractivity contribution in [2.45, 2.75) is 143 Å². The summed E-state index contributed by atoms with van der Waals surface area (Å²) in [4.78, 5) is 16.4. The van der Waals surface area contributed by atoms with E-state index in [2.05, 4.69) is 260 Å². The number of fused-ring (bicyclic) bond motifs is 8. The van der Waals surface area contributed by atoms with Crippen LogP contribution in [0.5, 0.6) is 0 Å². The first-order valence-electron chi connectivity index (χ1n) is 26.7. The maximum Gasteiger partial charge on any atom is 0.252 e. The Balaban J connectivity index is 1.26. The Kier molecular flexibility index (Phi) is 9.99. The molecule has 0 amide bonds. The van der Waals surface area contributed by atoms with E-state index in [0.717, 1.165) is 28.1 Å². The molecule has 12 rings (SSSR count). The van der Waals surface area contributed by atoms with E-state index < -0.39 is 0 Å². The first-order valence-corrected chi connectivity index (χ1v) is 26.7. The van der Waals surface area contributed by atoms with Crippen molar-refractivity contribution < 1.29 is 0 Å². The van der Waals surface area contributed by atoms with Gasteiger partial charge in [0, 0.05) is 50.3 Å². The second-order valence-electron chi connectivity index (χ2n) is 26.9. The summed E-state index contributed by atoms with van der Waals surface area (Å²) in [6.45, 7) is 38.2. The minimum atomic E-state index is -0.298. The Morgan fingerprint density at radius 3 is 1.11 bits per heavy atom. The Hall–Kier alpha value is -6.72. The van der Waals surface area contributed by atoms with Gasteiger partial charge in [0.25, 0.3) is 6.71 Å². The van der Waals surface area contributed by atoms with E-state index in [4.69, 9.17) is 9.97 Å². The van der Waals surface area contributed by atoms with Gasteiger partial charge in [-0.15, -0.1) is 0 Å². The molecule has 4 nitrogen and oxygen atoms in total. The molecule has 1 aromatic heterocycles. The lowest BCUT2D eigenvalue weighted by Gasteiger charge is -2.53. The highest BCUT2D eigenvalue weighted by Gasteiger charge is 2.52. The molecule has 4 aliphatic heterocycles. The molecule has 5 heteroatoms. The summed E-state index contributed by atoms with van der Waals surface area (Å²) in [6, 6.07) is 53.3. The van der Waals surface area contributed by atoms with Crippen LogP contribution < -0.4 is 26.2 Å². The summed E-state index contributed by atoms with van der Waals surface area (Å²) < 4.78 is 0. The Morgan fingerprint density at radius 1 is 0.370 bits per heavy atom. The van der Waals surface area contributed by atoms with Crippen molar-refractivity contribution in [3.8, 4) is 33.9 Å². The third-order valence-electron chi connectivity index (χ3n) is 17.0. The molecule has 0 unspecified atom stereocenters. The van der Waals surface area contributed by atoms with Gasteiger partial charge >= 0.3 is 0 Å². The van der Waals surface area contributed by atoms with Crippen molar-refractivity contribution >= 4 is 57.2 Å². The number of benzene rings is 7. The van der Waals surface area contributed by atoms with Crippen LogP contribution in [0.2, 0.25) is 0 Å². The fraction of sp³-hybridized carbons (Fsp3) is 0.324. The summed E-state index contributed by atoms with van der Waals surface area (Å²) in [5, 5.41) is 0. The van der Waals surface area contributed by atoms with Crippen LogP contribution in [0.3, 0.4) is 0 Å². The number of nitrogens with zero attached hydrogens (tertiary/aromatic N) is 4. The van der Waals surface area contributed by atoms with Crippen LogP contribution >= 0.6 is 0 Å². The van der Waals surface area contributed by atoms with Crippen LogP contribution in [-0.4, -0.2) is 16.7 Å². The van der Waals surface area contributed by atoms with E-state index in [1.807, 2.05) is 0 Å². The topological polar surface area (TPSA) is 32.3 Å². The van der Waals surface area contributed by atoms with Gasteiger partial charge in [0.15, 0.2) is 5.82 Å². The summed E-state index contributed by atoms with van der Waals surface area (Å²) in [5.74, 6) is 0.709. The van der Waals surface area contributed by atoms with Gasteiger partial charge in [-0.1, -0.05) is 220 Å². The van der Waals surface area contributed by atoms with E-state index >= 15 is 0 Å². The van der Waals surface area contributed by atoms with Crippen LogP contribution in [0.25, 0.3) is 33.9 Å². The van der Waals surface area contributed by atoms with Gasteiger partial charge in [-0.2, -0.15) is 0 Å². The number of rotatable bonds is 3. The maximum absolute atomic E-state index is 5.56. The van der Waals surface area contributed by atoms with E-state index in [1.165, 1.54) is 95.0 Å². The van der Waals surface area contributed by atoms with Crippen molar-refractivity contribution in [3.05, 3.63) is 184 Å². The SMILES string of the molecule is CC(C)(C)c1ccc2c(c1)C(C)(C)c1cc(C(C)(C)C)cc3c1N2c1cc(-c2nc(-c4ccccc4)cc(-c4ccccc4)n2)cc2c1B3c1cc(C(C)(C)C)cc3c1N2c1ccc(C(C)(C)C)cc1C3(C)C. The molecule has 0 fully saturated rings. The van der Waals surface area contributed by atoms with Crippen LogP contribution in [0.15, 0.2) is 140 Å². The van der Waals surface area contributed by atoms with E-state index in [0.29, 0.717) is 5.82 Å².